The molecule has 1 atom stereocenters. The first-order chi connectivity index (χ1) is 10.6. The van der Waals surface area contributed by atoms with Gasteiger partial charge in [0, 0.05) is 5.56 Å². The molecule has 1 fully saturated rings. The molecule has 1 saturated carbocycles. The van der Waals surface area contributed by atoms with Crippen LogP contribution in [0, 0.1) is 5.92 Å². The van der Waals surface area contributed by atoms with Crippen LogP contribution >= 0.6 is 11.8 Å². The van der Waals surface area contributed by atoms with Gasteiger partial charge in [-0.1, -0.05) is 43.2 Å². The fraction of sp³-hybridized carbons (Fsp3) is 0.438. The van der Waals surface area contributed by atoms with Gasteiger partial charge in [0.15, 0.2) is 5.78 Å². The number of hydrogen-bond donors (Lipinski definition) is 2. The molecule has 2 rings (SSSR count). The van der Waals surface area contributed by atoms with Gasteiger partial charge in [-0.2, -0.15) is 0 Å². The van der Waals surface area contributed by atoms with Crippen LogP contribution in [0.4, 0.5) is 0 Å². The summed E-state index contributed by atoms with van der Waals surface area (Å²) in [6.45, 7) is 0. The van der Waals surface area contributed by atoms with Crippen molar-refractivity contribution in [3.63, 3.8) is 0 Å². The minimum Gasteiger partial charge on any atom is -0.480 e. The van der Waals surface area contributed by atoms with Gasteiger partial charge in [0.05, 0.1) is 11.5 Å². The summed E-state index contributed by atoms with van der Waals surface area (Å²) in [5.74, 6) is -0.644. The van der Waals surface area contributed by atoms with Gasteiger partial charge >= 0.3 is 5.97 Å². The largest absolute Gasteiger partial charge is 0.480 e. The van der Waals surface area contributed by atoms with Crippen LogP contribution in [0.3, 0.4) is 0 Å². The third-order valence-electron chi connectivity index (χ3n) is 3.46. The highest BCUT2D eigenvalue weighted by Crippen LogP contribution is 2.33. The molecule has 1 amide bonds. The van der Waals surface area contributed by atoms with E-state index < -0.39 is 12.0 Å². The molecular formula is C16H19NO4S. The van der Waals surface area contributed by atoms with Gasteiger partial charge in [-0.15, -0.1) is 11.8 Å². The number of benzene rings is 1. The summed E-state index contributed by atoms with van der Waals surface area (Å²) in [4.78, 5) is 34.7. The van der Waals surface area contributed by atoms with Crippen molar-refractivity contribution < 1.29 is 19.5 Å². The molecule has 0 aliphatic heterocycles. The van der Waals surface area contributed by atoms with Crippen molar-refractivity contribution in [1.82, 2.24) is 5.32 Å². The smallest absolute Gasteiger partial charge is 0.326 e. The average Bonchev–Trinajstić information content (AvgIpc) is 3.31. The van der Waals surface area contributed by atoms with Crippen molar-refractivity contribution in [1.29, 1.82) is 0 Å². The number of carbonyl (C=O) groups is 3. The first-order valence-electron chi connectivity index (χ1n) is 7.24. The highest BCUT2D eigenvalue weighted by atomic mass is 32.2. The second-order valence-corrected chi connectivity index (χ2v) is 6.41. The molecule has 118 valence electrons. The Morgan fingerprint density at radius 1 is 1.18 bits per heavy atom. The fourth-order valence-corrected chi connectivity index (χ4v) is 2.81. The van der Waals surface area contributed by atoms with E-state index in [4.69, 9.17) is 5.11 Å². The number of carboxylic acids is 1. The molecule has 22 heavy (non-hydrogen) atoms. The Balaban J connectivity index is 1.70. The van der Waals surface area contributed by atoms with E-state index in [9.17, 15) is 14.4 Å². The van der Waals surface area contributed by atoms with Crippen molar-refractivity contribution in [3.05, 3.63) is 35.9 Å². The lowest BCUT2D eigenvalue weighted by molar-refractivity contribution is -0.141. The van der Waals surface area contributed by atoms with Gasteiger partial charge in [-0.25, -0.2) is 4.79 Å². The van der Waals surface area contributed by atoms with Crippen LogP contribution in [0.5, 0.6) is 0 Å². The SMILES string of the molecule is O=C(CSCC(=O)c1ccccc1)NC(CC1CC1)C(=O)O. The van der Waals surface area contributed by atoms with Crippen molar-refractivity contribution in [2.45, 2.75) is 25.3 Å². The minimum absolute atomic E-state index is 0.0360. The molecule has 1 unspecified atom stereocenters. The molecule has 2 N–H and O–H groups in total. The van der Waals surface area contributed by atoms with Crippen LogP contribution in [0.2, 0.25) is 0 Å². The number of nitrogens with one attached hydrogen (secondary N) is 1. The molecule has 0 bridgehead atoms. The summed E-state index contributed by atoms with van der Waals surface area (Å²) in [7, 11) is 0. The van der Waals surface area contributed by atoms with Crippen molar-refractivity contribution in [3.8, 4) is 0 Å². The maximum Gasteiger partial charge on any atom is 0.326 e. The van der Waals surface area contributed by atoms with Crippen LogP contribution in [-0.2, 0) is 9.59 Å². The Morgan fingerprint density at radius 2 is 1.86 bits per heavy atom. The maximum absolute atomic E-state index is 11.9. The van der Waals surface area contributed by atoms with Crippen LogP contribution in [0.25, 0.3) is 0 Å². The van der Waals surface area contributed by atoms with Gasteiger partial charge < -0.3 is 10.4 Å². The van der Waals surface area contributed by atoms with Gasteiger partial charge in [0.1, 0.15) is 6.04 Å². The number of carbonyl (C=O) groups excluding carboxylic acids is 2. The molecule has 0 aromatic heterocycles. The Morgan fingerprint density at radius 3 is 2.45 bits per heavy atom. The summed E-state index contributed by atoms with van der Waals surface area (Å²) in [6, 6.07) is 8.08. The standard InChI is InChI=1S/C16H19NO4S/c18-14(12-4-2-1-3-5-12)9-22-10-15(19)17-13(16(20)21)8-11-6-7-11/h1-5,11,13H,6-10H2,(H,17,19)(H,20,21). The molecular weight excluding hydrogens is 302 g/mol. The van der Waals surface area contributed by atoms with E-state index in [1.165, 1.54) is 11.8 Å². The summed E-state index contributed by atoms with van der Waals surface area (Å²) >= 11 is 1.20. The van der Waals surface area contributed by atoms with Crippen LogP contribution in [0.1, 0.15) is 29.6 Å². The number of Topliss-reactive ketones (excluding diaryl/α,β-unsaturated/α-hetero) is 1. The number of ketones is 1. The van der Waals surface area contributed by atoms with Gasteiger partial charge in [-0.05, 0) is 12.3 Å². The predicted octanol–water partition coefficient (Wildman–Crippen LogP) is 1.97. The first-order valence-corrected chi connectivity index (χ1v) is 8.40. The monoisotopic (exact) mass is 321 g/mol. The lowest BCUT2D eigenvalue weighted by Crippen LogP contribution is -2.42. The minimum atomic E-state index is -0.995. The lowest BCUT2D eigenvalue weighted by Gasteiger charge is -2.13. The van der Waals surface area contributed by atoms with Crippen LogP contribution < -0.4 is 5.32 Å². The summed E-state index contributed by atoms with van der Waals surface area (Å²) in [5.41, 5.74) is 0.618. The van der Waals surface area contributed by atoms with Crippen molar-refractivity contribution in [2.75, 3.05) is 11.5 Å². The average molecular weight is 321 g/mol. The Labute approximate surface area is 133 Å². The lowest BCUT2D eigenvalue weighted by atomic mass is 10.1. The predicted molar refractivity (Wildman–Crippen MR) is 85.0 cm³/mol. The first kappa shape index (κ1) is 16.5. The third kappa shape index (κ3) is 5.52. The second kappa shape index (κ2) is 7.98. The second-order valence-electron chi connectivity index (χ2n) is 5.42. The number of thioether (sulfide) groups is 1. The number of amides is 1. The molecule has 1 aliphatic carbocycles. The van der Waals surface area contributed by atoms with Crippen molar-refractivity contribution >= 4 is 29.4 Å². The molecule has 1 aromatic rings. The molecule has 1 aromatic carbocycles. The molecule has 6 heteroatoms. The van der Waals surface area contributed by atoms with Gasteiger partial charge in [-0.3, -0.25) is 9.59 Å². The van der Waals surface area contributed by atoms with Crippen LogP contribution in [0.15, 0.2) is 30.3 Å². The summed E-state index contributed by atoms with van der Waals surface area (Å²) < 4.78 is 0. The maximum atomic E-state index is 11.9. The molecule has 0 radical (unpaired) electrons. The molecule has 5 nitrogen and oxygen atoms in total. The molecule has 1 aliphatic rings. The quantitative estimate of drug-likeness (QED) is 0.679. The summed E-state index contributed by atoms with van der Waals surface area (Å²) in [6.07, 6.45) is 2.58. The Hall–Kier alpha value is -1.82. The van der Waals surface area contributed by atoms with E-state index in [2.05, 4.69) is 5.32 Å². The zero-order chi connectivity index (χ0) is 15.9. The highest BCUT2D eigenvalue weighted by Gasteiger charge is 2.30. The number of rotatable bonds is 9. The topological polar surface area (TPSA) is 83.5 Å². The fourth-order valence-electron chi connectivity index (χ4n) is 2.09. The summed E-state index contributed by atoms with van der Waals surface area (Å²) in [5, 5.41) is 11.6. The number of hydrogen-bond acceptors (Lipinski definition) is 4. The van der Waals surface area contributed by atoms with E-state index in [-0.39, 0.29) is 23.2 Å². The van der Waals surface area contributed by atoms with E-state index in [1.807, 2.05) is 6.07 Å². The Kier molecular flexibility index (Phi) is 6.00. The van der Waals surface area contributed by atoms with Gasteiger partial charge in [0.25, 0.3) is 0 Å². The molecule has 0 saturated heterocycles. The molecule has 0 spiro atoms. The number of aliphatic carboxylic acids is 1. The van der Waals surface area contributed by atoms with E-state index in [0.29, 0.717) is 17.9 Å². The zero-order valence-corrected chi connectivity index (χ0v) is 13.0. The van der Waals surface area contributed by atoms with Crippen LogP contribution in [-0.4, -0.2) is 40.3 Å². The third-order valence-corrected chi connectivity index (χ3v) is 4.39. The normalized spacial score (nSPS) is 15.1. The zero-order valence-electron chi connectivity index (χ0n) is 12.2. The van der Waals surface area contributed by atoms with E-state index >= 15 is 0 Å². The highest BCUT2D eigenvalue weighted by molar-refractivity contribution is 8.00. The number of carboxylic acid groups (broad SMARTS) is 1. The van der Waals surface area contributed by atoms with E-state index in [1.54, 1.807) is 24.3 Å². The Bertz CT molecular complexity index is 542. The van der Waals surface area contributed by atoms with Gasteiger partial charge in [0.2, 0.25) is 5.91 Å². The van der Waals surface area contributed by atoms with E-state index in [0.717, 1.165) is 12.8 Å². The molecule has 0 heterocycles. The van der Waals surface area contributed by atoms with Crippen molar-refractivity contribution in [2.24, 2.45) is 5.92 Å².